The summed E-state index contributed by atoms with van der Waals surface area (Å²) in [6.07, 6.45) is 10.5. The summed E-state index contributed by atoms with van der Waals surface area (Å²) < 4.78 is 7.10. The number of benzene rings is 2. The van der Waals surface area contributed by atoms with Crippen molar-refractivity contribution < 1.29 is 4.74 Å². The molecule has 6 atom stereocenters. The number of fused-ring (bicyclic) bond motifs is 10. The Morgan fingerprint density at radius 3 is 2.79 bits per heavy atom. The summed E-state index contributed by atoms with van der Waals surface area (Å²) in [4.78, 5) is 0. The minimum Gasteiger partial charge on any atom is -0.485 e. The van der Waals surface area contributed by atoms with E-state index in [0.29, 0.717) is 5.92 Å². The molecule has 0 amide bonds. The van der Waals surface area contributed by atoms with Crippen molar-refractivity contribution in [2.24, 2.45) is 29.6 Å². The molecule has 122 valence electrons. The fourth-order valence-electron chi connectivity index (χ4n) is 6.95. The van der Waals surface area contributed by atoms with Crippen LogP contribution in [0.15, 0.2) is 48.6 Å². The minimum absolute atomic E-state index is 0.0961. The lowest BCUT2D eigenvalue weighted by atomic mass is 9.69. The molecule has 0 aromatic heterocycles. The Kier molecular flexibility index (Phi) is 2.50. The van der Waals surface area contributed by atoms with Gasteiger partial charge in [-0.05, 0) is 67.4 Å². The lowest BCUT2D eigenvalue weighted by Crippen LogP contribution is -2.51. The molecule has 3 fully saturated rings. The molecule has 1 heteroatoms. The van der Waals surface area contributed by atoms with Gasteiger partial charge in [-0.15, -0.1) is 0 Å². The fourth-order valence-corrected chi connectivity index (χ4v) is 6.95. The van der Waals surface area contributed by atoms with Crippen LogP contribution in [-0.2, 0) is 0 Å². The van der Waals surface area contributed by atoms with Crippen LogP contribution in [0.1, 0.15) is 31.2 Å². The van der Waals surface area contributed by atoms with Crippen LogP contribution in [0.25, 0.3) is 10.8 Å². The Balaban J connectivity index is 1.52. The van der Waals surface area contributed by atoms with Crippen LogP contribution in [0, 0.1) is 36.5 Å². The number of hydrogen-bond acceptors (Lipinski definition) is 1. The van der Waals surface area contributed by atoms with Crippen molar-refractivity contribution in [3.8, 4) is 5.75 Å². The van der Waals surface area contributed by atoms with Crippen LogP contribution >= 0.6 is 0 Å². The van der Waals surface area contributed by atoms with Crippen LogP contribution in [0.3, 0.4) is 0 Å². The highest BCUT2D eigenvalue weighted by molar-refractivity contribution is 5.91. The molecule has 6 unspecified atom stereocenters. The normalized spacial score (nSPS) is 41.3. The third-order valence-electron chi connectivity index (χ3n) is 7.66. The maximum absolute atomic E-state index is 7.10. The van der Waals surface area contributed by atoms with Crippen LogP contribution in [0.2, 0.25) is 0 Å². The van der Waals surface area contributed by atoms with Crippen molar-refractivity contribution in [1.82, 2.24) is 0 Å². The van der Waals surface area contributed by atoms with E-state index < -0.39 is 0 Å². The second-order valence-corrected chi connectivity index (χ2v) is 8.57. The van der Waals surface area contributed by atoms with Gasteiger partial charge in [0.25, 0.3) is 0 Å². The Morgan fingerprint density at radius 2 is 1.88 bits per heavy atom. The Labute approximate surface area is 143 Å². The van der Waals surface area contributed by atoms with Gasteiger partial charge in [-0.3, -0.25) is 0 Å². The smallest absolute Gasteiger partial charge is 0.128 e. The zero-order valence-corrected chi connectivity index (χ0v) is 14.2. The van der Waals surface area contributed by atoms with E-state index in [1.807, 2.05) is 0 Å². The first-order chi connectivity index (χ1) is 11.8. The summed E-state index contributed by atoms with van der Waals surface area (Å²) in [7, 11) is 0. The van der Waals surface area contributed by atoms with Gasteiger partial charge in [-0.25, -0.2) is 0 Å². The lowest BCUT2D eigenvalue weighted by molar-refractivity contribution is -0.0453. The predicted octanol–water partition coefficient (Wildman–Crippen LogP) is 5.52. The summed E-state index contributed by atoms with van der Waals surface area (Å²) in [5.74, 6) is 5.00. The molecule has 6 rings (SSSR count). The van der Waals surface area contributed by atoms with Crippen molar-refractivity contribution in [1.29, 1.82) is 0 Å². The van der Waals surface area contributed by atoms with Gasteiger partial charge in [-0.1, -0.05) is 42.5 Å². The van der Waals surface area contributed by atoms with Crippen molar-refractivity contribution >= 4 is 10.8 Å². The van der Waals surface area contributed by atoms with Gasteiger partial charge < -0.3 is 4.74 Å². The molecule has 0 N–H and O–H groups in total. The van der Waals surface area contributed by atoms with Crippen LogP contribution in [0.5, 0.6) is 5.75 Å². The summed E-state index contributed by atoms with van der Waals surface area (Å²) in [6, 6.07) is 13.2. The Hall–Kier alpha value is -1.76. The van der Waals surface area contributed by atoms with Gasteiger partial charge in [-0.2, -0.15) is 0 Å². The van der Waals surface area contributed by atoms with Crippen molar-refractivity contribution in [2.45, 2.75) is 38.2 Å². The van der Waals surface area contributed by atoms with Gasteiger partial charge >= 0.3 is 0 Å². The second-order valence-electron chi connectivity index (χ2n) is 8.57. The molecule has 0 saturated heterocycles. The van der Waals surface area contributed by atoms with E-state index in [2.05, 4.69) is 55.5 Å². The van der Waals surface area contributed by atoms with Crippen LogP contribution < -0.4 is 4.74 Å². The van der Waals surface area contributed by atoms with Gasteiger partial charge in [0.05, 0.1) is 0 Å². The number of rotatable bonds is 2. The largest absolute Gasteiger partial charge is 0.485 e. The first-order valence-electron chi connectivity index (χ1n) is 9.63. The monoisotopic (exact) mass is 316 g/mol. The Bertz CT molecular complexity index is 860. The van der Waals surface area contributed by atoms with E-state index in [0.717, 1.165) is 29.4 Å². The summed E-state index contributed by atoms with van der Waals surface area (Å²) in [6.45, 7) is 2.21. The van der Waals surface area contributed by atoms with Gasteiger partial charge in [0, 0.05) is 17.2 Å². The molecule has 1 nitrogen and oxygen atoms in total. The second kappa shape index (κ2) is 4.45. The highest BCUT2D eigenvalue weighted by Crippen LogP contribution is 2.69. The first-order valence-corrected chi connectivity index (χ1v) is 9.63. The fraction of sp³-hybridized carbons (Fsp3) is 0.478. The maximum atomic E-state index is 7.10. The molecule has 0 spiro atoms. The van der Waals surface area contributed by atoms with Gasteiger partial charge in [0.15, 0.2) is 0 Å². The predicted molar refractivity (Wildman–Crippen MR) is 97.1 cm³/mol. The molecule has 0 aliphatic heterocycles. The summed E-state index contributed by atoms with van der Waals surface area (Å²) in [5.41, 5.74) is 1.43. The Morgan fingerprint density at radius 1 is 1.00 bits per heavy atom. The molecule has 0 radical (unpaired) electrons. The third kappa shape index (κ3) is 1.48. The number of ether oxygens (including phenoxy) is 1. The summed E-state index contributed by atoms with van der Waals surface area (Å²) >= 11 is 0. The molecular formula is C23H24O. The number of aryl methyl sites for hydroxylation is 1. The maximum Gasteiger partial charge on any atom is 0.128 e. The van der Waals surface area contributed by atoms with Crippen LogP contribution in [-0.4, -0.2) is 5.60 Å². The number of hydrogen-bond donors (Lipinski definition) is 0. The first kappa shape index (κ1) is 13.5. The van der Waals surface area contributed by atoms with Crippen molar-refractivity contribution in [3.05, 3.63) is 54.1 Å². The number of allylic oxidation sites excluding steroid dienone is 1. The highest BCUT2D eigenvalue weighted by atomic mass is 16.5. The summed E-state index contributed by atoms with van der Waals surface area (Å²) in [5, 5.41) is 2.63. The van der Waals surface area contributed by atoms with E-state index in [4.69, 9.17) is 4.74 Å². The molecule has 0 heterocycles. The van der Waals surface area contributed by atoms with E-state index in [1.165, 1.54) is 42.0 Å². The van der Waals surface area contributed by atoms with Crippen molar-refractivity contribution in [3.63, 3.8) is 0 Å². The van der Waals surface area contributed by atoms with E-state index in [9.17, 15) is 0 Å². The topological polar surface area (TPSA) is 9.23 Å². The van der Waals surface area contributed by atoms with Gasteiger partial charge in [0.1, 0.15) is 11.4 Å². The average molecular weight is 316 g/mol. The van der Waals surface area contributed by atoms with Crippen molar-refractivity contribution in [2.75, 3.05) is 0 Å². The molecule has 4 aliphatic rings. The minimum atomic E-state index is 0.0961. The van der Waals surface area contributed by atoms with E-state index in [-0.39, 0.29) is 5.60 Å². The molecule has 2 aromatic rings. The van der Waals surface area contributed by atoms with E-state index >= 15 is 0 Å². The third-order valence-corrected chi connectivity index (χ3v) is 7.66. The SMILES string of the molecule is Cc1cccc2cccc(OC34C5C=CC(C5)C3C3CCC4C3)c12. The molecule has 3 saturated carbocycles. The average Bonchev–Trinajstić information content (AvgIpc) is 3.34. The zero-order valence-electron chi connectivity index (χ0n) is 14.2. The lowest BCUT2D eigenvalue weighted by Gasteiger charge is -2.45. The van der Waals surface area contributed by atoms with Gasteiger partial charge in [0.2, 0.25) is 0 Å². The molecule has 4 aliphatic carbocycles. The molecule has 4 bridgehead atoms. The molecular weight excluding hydrogens is 292 g/mol. The standard InChI is InChI=1S/C23H24O/c1-14-4-2-5-15-6-3-7-20(21(14)15)24-23-18-10-8-16(12-18)22(23)17-9-11-19(23)13-17/h2-8,10,16-19,22H,9,11-13H2,1H3. The molecule has 2 aromatic carbocycles. The molecule has 24 heavy (non-hydrogen) atoms. The van der Waals surface area contributed by atoms with Crippen LogP contribution in [0.4, 0.5) is 0 Å². The van der Waals surface area contributed by atoms with E-state index in [1.54, 1.807) is 0 Å². The zero-order chi connectivity index (χ0) is 15.9. The quantitative estimate of drug-likeness (QED) is 0.524. The highest BCUT2D eigenvalue weighted by Gasteiger charge is 2.69.